The Balaban J connectivity index is 1.59. The van der Waals surface area contributed by atoms with Gasteiger partial charge in [-0.1, -0.05) is 36.8 Å². The summed E-state index contributed by atoms with van der Waals surface area (Å²) in [5.74, 6) is 2.13. The van der Waals surface area contributed by atoms with E-state index in [0.29, 0.717) is 21.9 Å². The summed E-state index contributed by atoms with van der Waals surface area (Å²) >= 11 is 1.33. The maximum absolute atomic E-state index is 12.7. The summed E-state index contributed by atoms with van der Waals surface area (Å²) in [6, 6.07) is 15.2. The average molecular weight is 407 g/mol. The van der Waals surface area contributed by atoms with Crippen molar-refractivity contribution >= 4 is 22.4 Å². The largest absolute Gasteiger partial charge is 0.497 e. The zero-order chi connectivity index (χ0) is 20.2. The Hall–Kier alpha value is -3.19. The van der Waals surface area contributed by atoms with Crippen molar-refractivity contribution in [2.75, 3.05) is 13.7 Å². The van der Waals surface area contributed by atoms with Crippen LogP contribution in [0.3, 0.4) is 0 Å². The molecule has 0 N–H and O–H groups in total. The summed E-state index contributed by atoms with van der Waals surface area (Å²) in [4.78, 5) is 17.8. The van der Waals surface area contributed by atoms with Gasteiger partial charge in [-0.05, 0) is 54.5 Å². The van der Waals surface area contributed by atoms with Gasteiger partial charge in [-0.15, -0.1) is 5.10 Å². The predicted octanol–water partition coefficient (Wildman–Crippen LogP) is 3.55. The zero-order valence-corrected chi connectivity index (χ0v) is 17.1. The van der Waals surface area contributed by atoms with E-state index in [1.165, 1.54) is 15.9 Å². The Morgan fingerprint density at radius 2 is 1.79 bits per heavy atom. The number of ether oxygens (including phenoxy) is 2. The molecule has 29 heavy (non-hydrogen) atoms. The van der Waals surface area contributed by atoms with Crippen LogP contribution in [0.25, 0.3) is 22.4 Å². The molecule has 0 atom stereocenters. The van der Waals surface area contributed by atoms with Gasteiger partial charge in [0.2, 0.25) is 4.96 Å². The molecule has 148 valence electrons. The summed E-state index contributed by atoms with van der Waals surface area (Å²) in [7, 11) is 1.62. The van der Waals surface area contributed by atoms with E-state index in [9.17, 15) is 4.79 Å². The smallest absolute Gasteiger partial charge is 0.291 e. The molecule has 0 saturated heterocycles. The first-order valence-electron chi connectivity index (χ1n) is 9.46. The first-order chi connectivity index (χ1) is 14.2. The highest BCUT2D eigenvalue weighted by molar-refractivity contribution is 7.15. The lowest BCUT2D eigenvalue weighted by molar-refractivity contribution is 0.309. The fourth-order valence-electron chi connectivity index (χ4n) is 2.84. The predicted molar refractivity (Wildman–Crippen MR) is 115 cm³/mol. The molecule has 0 saturated carbocycles. The molecule has 0 aliphatic rings. The third kappa shape index (κ3) is 4.14. The fraction of sp³-hybridized carbons (Fsp3) is 0.227. The number of fused-ring (bicyclic) bond motifs is 1. The zero-order valence-electron chi connectivity index (χ0n) is 16.3. The van der Waals surface area contributed by atoms with Gasteiger partial charge in [0, 0.05) is 5.56 Å². The summed E-state index contributed by atoms with van der Waals surface area (Å²) in [5.41, 5.74) is 1.61. The van der Waals surface area contributed by atoms with Crippen molar-refractivity contribution in [2.45, 2.75) is 19.8 Å². The van der Waals surface area contributed by atoms with Crippen LogP contribution in [0, 0.1) is 0 Å². The molecule has 4 aromatic rings. The van der Waals surface area contributed by atoms with Crippen LogP contribution in [0.15, 0.2) is 53.3 Å². The molecular weight excluding hydrogens is 386 g/mol. The highest BCUT2D eigenvalue weighted by Gasteiger charge is 2.12. The van der Waals surface area contributed by atoms with E-state index < -0.39 is 0 Å². The second-order valence-corrected chi connectivity index (χ2v) is 7.55. The topological polar surface area (TPSA) is 65.7 Å². The van der Waals surface area contributed by atoms with E-state index in [-0.39, 0.29) is 5.56 Å². The van der Waals surface area contributed by atoms with E-state index >= 15 is 0 Å². The Labute approximate surface area is 172 Å². The Morgan fingerprint density at radius 3 is 2.45 bits per heavy atom. The molecule has 6 nitrogen and oxygen atoms in total. The Morgan fingerprint density at radius 1 is 1.07 bits per heavy atom. The molecule has 2 aromatic heterocycles. The van der Waals surface area contributed by atoms with E-state index in [4.69, 9.17) is 9.47 Å². The number of unbranched alkanes of at least 4 members (excludes halogenated alkanes) is 1. The van der Waals surface area contributed by atoms with Gasteiger partial charge < -0.3 is 9.47 Å². The number of methoxy groups -OCH3 is 1. The van der Waals surface area contributed by atoms with Gasteiger partial charge in [-0.25, -0.2) is 0 Å². The summed E-state index contributed by atoms with van der Waals surface area (Å²) < 4.78 is 12.8. The molecule has 2 aromatic carbocycles. The fourth-order valence-corrected chi connectivity index (χ4v) is 3.75. The van der Waals surface area contributed by atoms with Crippen molar-refractivity contribution in [3.8, 4) is 22.9 Å². The van der Waals surface area contributed by atoms with Crippen molar-refractivity contribution in [2.24, 2.45) is 0 Å². The van der Waals surface area contributed by atoms with Crippen molar-refractivity contribution < 1.29 is 9.47 Å². The van der Waals surface area contributed by atoms with E-state index in [1.54, 1.807) is 7.11 Å². The van der Waals surface area contributed by atoms with Gasteiger partial charge in [-0.3, -0.25) is 4.79 Å². The standard InChI is InChI=1S/C22H21N3O3S/c1-3-4-13-28-18-11-7-16(8-12-18)20-23-22-25(24-20)21(26)19(29-22)14-15-5-9-17(27-2)10-6-15/h5-12,14H,3-4,13H2,1-2H3/b19-14-. The van der Waals surface area contributed by atoms with Crippen LogP contribution < -0.4 is 19.6 Å². The Kier molecular flexibility index (Phi) is 5.57. The minimum Gasteiger partial charge on any atom is -0.497 e. The van der Waals surface area contributed by atoms with Crippen molar-refractivity contribution in [1.29, 1.82) is 0 Å². The van der Waals surface area contributed by atoms with Crippen LogP contribution in [-0.4, -0.2) is 28.3 Å². The summed E-state index contributed by atoms with van der Waals surface area (Å²) in [6.45, 7) is 2.84. The normalized spacial score (nSPS) is 11.9. The molecule has 0 aliphatic heterocycles. The third-order valence-corrected chi connectivity index (χ3v) is 5.43. The molecule has 0 bridgehead atoms. The van der Waals surface area contributed by atoms with E-state index in [1.807, 2.05) is 54.6 Å². The number of benzene rings is 2. The number of nitrogens with zero attached hydrogens (tertiary/aromatic N) is 3. The van der Waals surface area contributed by atoms with E-state index in [0.717, 1.165) is 35.5 Å². The first-order valence-corrected chi connectivity index (χ1v) is 10.3. The molecular formula is C22H21N3O3S. The van der Waals surface area contributed by atoms with Crippen LogP contribution in [-0.2, 0) is 0 Å². The van der Waals surface area contributed by atoms with Crippen molar-refractivity contribution in [3.63, 3.8) is 0 Å². The number of hydrogen-bond acceptors (Lipinski definition) is 6. The van der Waals surface area contributed by atoms with Crippen LogP contribution >= 0.6 is 11.3 Å². The third-order valence-electron chi connectivity index (χ3n) is 4.47. The Bertz CT molecular complexity index is 1210. The SMILES string of the molecule is CCCCOc1ccc(-c2nc3s/c(=C\c4ccc(OC)cc4)c(=O)n3n2)cc1. The van der Waals surface area contributed by atoms with Gasteiger partial charge in [-0.2, -0.15) is 9.50 Å². The van der Waals surface area contributed by atoms with Crippen molar-refractivity contribution in [3.05, 3.63) is 69.0 Å². The highest BCUT2D eigenvalue weighted by atomic mass is 32.1. The molecule has 0 amide bonds. The first kappa shape index (κ1) is 19.1. The molecule has 0 unspecified atom stereocenters. The number of hydrogen-bond donors (Lipinski definition) is 0. The number of thiazole rings is 1. The van der Waals surface area contributed by atoms with Crippen LogP contribution in [0.1, 0.15) is 25.3 Å². The second kappa shape index (κ2) is 8.45. The molecule has 0 fully saturated rings. The molecule has 0 aliphatic carbocycles. The van der Waals surface area contributed by atoms with Crippen LogP contribution in [0.5, 0.6) is 11.5 Å². The highest BCUT2D eigenvalue weighted by Crippen LogP contribution is 2.20. The van der Waals surface area contributed by atoms with Gasteiger partial charge in [0.25, 0.3) is 5.56 Å². The number of rotatable bonds is 7. The number of aromatic nitrogens is 3. The quantitative estimate of drug-likeness (QED) is 0.438. The van der Waals surface area contributed by atoms with Gasteiger partial charge >= 0.3 is 0 Å². The maximum Gasteiger partial charge on any atom is 0.291 e. The second-order valence-electron chi connectivity index (χ2n) is 6.55. The minimum absolute atomic E-state index is 0.168. The lowest BCUT2D eigenvalue weighted by atomic mass is 10.2. The molecule has 0 spiro atoms. The maximum atomic E-state index is 12.7. The summed E-state index contributed by atoms with van der Waals surface area (Å²) in [5, 5.41) is 4.40. The van der Waals surface area contributed by atoms with Crippen LogP contribution in [0.2, 0.25) is 0 Å². The monoisotopic (exact) mass is 407 g/mol. The van der Waals surface area contributed by atoms with Gasteiger partial charge in [0.1, 0.15) is 11.5 Å². The van der Waals surface area contributed by atoms with Crippen LogP contribution in [0.4, 0.5) is 0 Å². The molecule has 2 heterocycles. The molecule has 4 rings (SSSR count). The molecule has 7 heteroatoms. The average Bonchev–Trinajstić information content (AvgIpc) is 3.29. The van der Waals surface area contributed by atoms with Gasteiger partial charge in [0.05, 0.1) is 18.2 Å². The summed E-state index contributed by atoms with van der Waals surface area (Å²) in [6.07, 6.45) is 3.97. The molecule has 0 radical (unpaired) electrons. The lowest BCUT2D eigenvalue weighted by Crippen LogP contribution is -2.23. The van der Waals surface area contributed by atoms with Gasteiger partial charge in [0.15, 0.2) is 5.82 Å². The van der Waals surface area contributed by atoms with E-state index in [2.05, 4.69) is 17.0 Å². The lowest BCUT2D eigenvalue weighted by Gasteiger charge is -2.05. The van der Waals surface area contributed by atoms with Crippen molar-refractivity contribution in [1.82, 2.24) is 14.6 Å². The minimum atomic E-state index is -0.168.